The van der Waals surface area contributed by atoms with Crippen molar-refractivity contribution >= 4 is 11.7 Å². The SMILES string of the molecule is CCCCCOc1ccc(C2C(C(=O)c3ccco3)=C(O)C(=O)N2CCN2CCOCC2)cc1. The Balaban J connectivity index is 1.57. The maximum absolute atomic E-state index is 13.2. The summed E-state index contributed by atoms with van der Waals surface area (Å²) in [6, 6.07) is 9.82. The number of carbonyl (C=O) groups is 2. The minimum Gasteiger partial charge on any atom is -0.503 e. The second-order valence-corrected chi connectivity index (χ2v) is 8.55. The molecule has 2 aliphatic rings. The molecule has 1 atom stereocenters. The number of nitrogens with zero attached hydrogens (tertiary/aromatic N) is 2. The Bertz CT molecular complexity index is 993. The van der Waals surface area contributed by atoms with Crippen molar-refractivity contribution in [1.29, 1.82) is 0 Å². The van der Waals surface area contributed by atoms with Crippen LogP contribution in [0.25, 0.3) is 0 Å². The molecule has 4 rings (SSSR count). The Kier molecular flexibility index (Phi) is 8.03. The quantitative estimate of drug-likeness (QED) is 0.397. The topological polar surface area (TPSA) is 92.5 Å². The fourth-order valence-electron chi connectivity index (χ4n) is 4.37. The van der Waals surface area contributed by atoms with E-state index in [0.717, 1.165) is 43.7 Å². The predicted octanol–water partition coefficient (Wildman–Crippen LogP) is 3.76. The second kappa shape index (κ2) is 11.4. The van der Waals surface area contributed by atoms with Crippen LogP contribution in [0.1, 0.15) is 48.3 Å². The van der Waals surface area contributed by atoms with Crippen molar-refractivity contribution in [3.05, 3.63) is 65.3 Å². The minimum atomic E-state index is -0.708. The molecule has 1 aromatic carbocycles. The highest BCUT2D eigenvalue weighted by Gasteiger charge is 2.44. The molecule has 3 heterocycles. The van der Waals surface area contributed by atoms with Gasteiger partial charge in [0.05, 0.1) is 37.7 Å². The van der Waals surface area contributed by atoms with Gasteiger partial charge >= 0.3 is 0 Å². The molecule has 1 fully saturated rings. The Morgan fingerprint density at radius 3 is 2.56 bits per heavy atom. The highest BCUT2D eigenvalue weighted by molar-refractivity contribution is 6.15. The number of morpholine rings is 1. The van der Waals surface area contributed by atoms with E-state index in [9.17, 15) is 14.7 Å². The molecule has 1 amide bonds. The Labute approximate surface area is 199 Å². The molecule has 0 spiro atoms. The van der Waals surface area contributed by atoms with Crippen molar-refractivity contribution in [2.24, 2.45) is 0 Å². The smallest absolute Gasteiger partial charge is 0.290 e. The number of benzene rings is 1. The number of unbranched alkanes of at least 4 members (excludes halogenated alkanes) is 2. The molecule has 0 radical (unpaired) electrons. The fourth-order valence-corrected chi connectivity index (χ4v) is 4.37. The summed E-state index contributed by atoms with van der Waals surface area (Å²) < 4.78 is 16.5. The summed E-state index contributed by atoms with van der Waals surface area (Å²) in [7, 11) is 0. The van der Waals surface area contributed by atoms with Gasteiger partial charge in [-0.05, 0) is 36.2 Å². The van der Waals surface area contributed by atoms with Gasteiger partial charge in [-0.1, -0.05) is 31.9 Å². The first-order valence-electron chi connectivity index (χ1n) is 11.9. The van der Waals surface area contributed by atoms with Crippen molar-refractivity contribution in [1.82, 2.24) is 9.80 Å². The molecule has 8 heteroatoms. The summed E-state index contributed by atoms with van der Waals surface area (Å²) in [6.07, 6.45) is 4.63. The molecule has 2 aliphatic heterocycles. The van der Waals surface area contributed by atoms with E-state index in [4.69, 9.17) is 13.9 Å². The first kappa shape index (κ1) is 24.0. The van der Waals surface area contributed by atoms with Crippen LogP contribution in [0.5, 0.6) is 5.75 Å². The largest absolute Gasteiger partial charge is 0.503 e. The molecule has 0 bridgehead atoms. The van der Waals surface area contributed by atoms with Gasteiger partial charge in [0.2, 0.25) is 5.78 Å². The number of rotatable bonds is 11. The van der Waals surface area contributed by atoms with Gasteiger partial charge in [0.15, 0.2) is 11.5 Å². The van der Waals surface area contributed by atoms with Crippen LogP contribution < -0.4 is 4.74 Å². The lowest BCUT2D eigenvalue weighted by molar-refractivity contribution is -0.129. The van der Waals surface area contributed by atoms with Crippen molar-refractivity contribution < 1.29 is 28.6 Å². The fraction of sp³-hybridized carbons (Fsp3) is 0.462. The number of carbonyl (C=O) groups excluding carboxylic acids is 2. The molecular formula is C26H32N2O6. The standard InChI is InChI=1S/C26H32N2O6/c1-2-3-4-15-33-20-9-7-19(8-10-20)23-22(24(29)21-6-5-16-34-21)25(30)26(31)28(23)12-11-27-13-17-32-18-14-27/h5-10,16,23,30H,2-4,11-15,17-18H2,1H3. The molecular weight excluding hydrogens is 436 g/mol. The normalized spacial score (nSPS) is 19.1. The number of hydrogen-bond acceptors (Lipinski definition) is 7. The molecule has 8 nitrogen and oxygen atoms in total. The summed E-state index contributed by atoms with van der Waals surface area (Å²) in [4.78, 5) is 30.1. The average molecular weight is 469 g/mol. The van der Waals surface area contributed by atoms with Crippen molar-refractivity contribution in [2.75, 3.05) is 46.0 Å². The number of furan rings is 1. The van der Waals surface area contributed by atoms with Crippen molar-refractivity contribution in [3.8, 4) is 5.75 Å². The number of ketones is 1. The van der Waals surface area contributed by atoms with Crippen LogP contribution in [0.3, 0.4) is 0 Å². The van der Waals surface area contributed by atoms with E-state index in [1.54, 1.807) is 11.0 Å². The van der Waals surface area contributed by atoms with Crippen LogP contribution >= 0.6 is 0 Å². The number of aliphatic hydroxyl groups excluding tert-OH is 1. The Morgan fingerprint density at radius 2 is 1.88 bits per heavy atom. The number of Topliss-reactive ketones (excluding diaryl/α,β-unsaturated/α-hetero) is 1. The Morgan fingerprint density at radius 1 is 1.12 bits per heavy atom. The third-order valence-corrected chi connectivity index (χ3v) is 6.27. The molecule has 1 aromatic heterocycles. The third kappa shape index (κ3) is 5.34. The predicted molar refractivity (Wildman–Crippen MR) is 126 cm³/mol. The van der Waals surface area contributed by atoms with Crippen LogP contribution in [0, 0.1) is 0 Å². The van der Waals surface area contributed by atoms with E-state index in [2.05, 4.69) is 11.8 Å². The zero-order valence-corrected chi connectivity index (χ0v) is 19.6. The average Bonchev–Trinajstić information content (AvgIpc) is 3.49. The number of amides is 1. The van der Waals surface area contributed by atoms with Crippen molar-refractivity contribution in [3.63, 3.8) is 0 Å². The summed E-state index contributed by atoms with van der Waals surface area (Å²) in [5.41, 5.74) is 0.772. The molecule has 34 heavy (non-hydrogen) atoms. The van der Waals surface area contributed by atoms with Gasteiger partial charge in [-0.3, -0.25) is 14.5 Å². The maximum Gasteiger partial charge on any atom is 0.290 e. The molecule has 1 N–H and O–H groups in total. The minimum absolute atomic E-state index is 0.0403. The van der Waals surface area contributed by atoms with Crippen LogP contribution in [0.15, 0.2) is 58.4 Å². The van der Waals surface area contributed by atoms with Crippen LogP contribution in [0.2, 0.25) is 0 Å². The number of hydrogen-bond donors (Lipinski definition) is 1. The first-order chi connectivity index (χ1) is 16.6. The van der Waals surface area contributed by atoms with Gasteiger partial charge in [-0.15, -0.1) is 0 Å². The zero-order valence-electron chi connectivity index (χ0n) is 19.6. The lowest BCUT2D eigenvalue weighted by Gasteiger charge is -2.31. The molecule has 0 saturated carbocycles. The van der Waals surface area contributed by atoms with Crippen molar-refractivity contribution in [2.45, 2.75) is 32.2 Å². The van der Waals surface area contributed by atoms with E-state index in [1.807, 2.05) is 24.3 Å². The second-order valence-electron chi connectivity index (χ2n) is 8.55. The van der Waals surface area contributed by atoms with Gasteiger partial charge in [0.1, 0.15) is 5.75 Å². The lowest BCUT2D eigenvalue weighted by atomic mass is 9.95. The summed E-state index contributed by atoms with van der Waals surface area (Å²) in [6.45, 7) is 6.67. The van der Waals surface area contributed by atoms with Crippen LogP contribution in [-0.2, 0) is 9.53 Å². The van der Waals surface area contributed by atoms with Gasteiger partial charge in [0.25, 0.3) is 5.91 Å². The summed E-state index contributed by atoms with van der Waals surface area (Å²) in [5.74, 6) is -0.739. The van der Waals surface area contributed by atoms with E-state index >= 15 is 0 Å². The van der Waals surface area contributed by atoms with Crippen LogP contribution in [0.4, 0.5) is 0 Å². The highest BCUT2D eigenvalue weighted by atomic mass is 16.5. The van der Waals surface area contributed by atoms with Crippen LogP contribution in [-0.4, -0.2) is 72.6 Å². The first-order valence-corrected chi connectivity index (χ1v) is 11.9. The third-order valence-electron chi connectivity index (χ3n) is 6.27. The summed E-state index contributed by atoms with van der Waals surface area (Å²) >= 11 is 0. The van der Waals surface area contributed by atoms with Gasteiger partial charge < -0.3 is 23.9 Å². The van der Waals surface area contributed by atoms with E-state index in [0.29, 0.717) is 32.9 Å². The molecule has 1 unspecified atom stereocenters. The molecule has 2 aromatic rings. The van der Waals surface area contributed by atoms with Gasteiger partial charge in [0, 0.05) is 26.2 Å². The van der Waals surface area contributed by atoms with Gasteiger partial charge in [-0.2, -0.15) is 0 Å². The molecule has 0 aliphatic carbocycles. The number of ether oxygens (including phenoxy) is 2. The zero-order chi connectivity index (χ0) is 23.9. The Hall–Kier alpha value is -3.10. The van der Waals surface area contributed by atoms with Gasteiger partial charge in [-0.25, -0.2) is 0 Å². The van der Waals surface area contributed by atoms with E-state index in [1.165, 1.54) is 12.3 Å². The maximum atomic E-state index is 13.2. The molecule has 182 valence electrons. The van der Waals surface area contributed by atoms with E-state index in [-0.39, 0.29) is 11.3 Å². The summed E-state index contributed by atoms with van der Waals surface area (Å²) in [5, 5.41) is 10.8. The molecule has 1 saturated heterocycles. The van der Waals surface area contributed by atoms with E-state index < -0.39 is 23.5 Å². The lowest BCUT2D eigenvalue weighted by Crippen LogP contribution is -2.43. The highest BCUT2D eigenvalue weighted by Crippen LogP contribution is 2.39. The monoisotopic (exact) mass is 468 g/mol. The number of aliphatic hydroxyl groups is 1.